The molecule has 10 nitrogen and oxygen atoms in total. The van der Waals surface area contributed by atoms with Crippen molar-refractivity contribution in [2.75, 3.05) is 6.61 Å². The quantitative estimate of drug-likeness (QED) is 0.475. The number of nitrogens with one attached hydrogen (secondary N) is 2. The Bertz CT molecular complexity index is 1150. The van der Waals surface area contributed by atoms with Crippen molar-refractivity contribution in [1.82, 2.24) is 20.8 Å². The molecule has 0 radical (unpaired) electrons. The Balaban J connectivity index is 1.38. The van der Waals surface area contributed by atoms with Crippen LogP contribution in [0.4, 0.5) is 4.79 Å². The van der Waals surface area contributed by atoms with Gasteiger partial charge in [0.2, 0.25) is 17.7 Å². The monoisotopic (exact) mass is 450 g/mol. The van der Waals surface area contributed by atoms with Crippen molar-refractivity contribution in [2.45, 2.75) is 31.8 Å². The summed E-state index contributed by atoms with van der Waals surface area (Å²) in [7, 11) is 0. The molecular formula is C23H22N4O6. The Labute approximate surface area is 189 Å². The molecule has 1 unspecified atom stereocenters. The number of aryl methyl sites for hydroxylation is 1. The third kappa shape index (κ3) is 5.00. The highest BCUT2D eigenvalue weighted by molar-refractivity contribution is 5.89. The highest BCUT2D eigenvalue weighted by Crippen LogP contribution is 2.44. The standard InChI is InChI=1S/C23H22N4O6/c1-13-26-27-20(33-13)11-24-22(30)19(10-21(28)29)25-23(31)32-12-18-16-8-4-2-6-14(16)15-7-3-5-9-17(15)18/h2-9,18-19H,10-12H2,1H3,(H,24,30)(H,25,31)(H,28,29). The minimum Gasteiger partial charge on any atom is -0.481 e. The summed E-state index contributed by atoms with van der Waals surface area (Å²) in [6.45, 7) is 1.55. The number of fused-ring (bicyclic) bond motifs is 3. The fourth-order valence-electron chi connectivity index (χ4n) is 3.86. The molecule has 4 rings (SSSR count). The fourth-order valence-corrected chi connectivity index (χ4v) is 3.86. The predicted molar refractivity (Wildman–Crippen MR) is 115 cm³/mol. The Morgan fingerprint density at radius 1 is 1.06 bits per heavy atom. The first-order valence-corrected chi connectivity index (χ1v) is 10.3. The second-order valence-electron chi connectivity index (χ2n) is 7.55. The first kappa shape index (κ1) is 22.0. The lowest BCUT2D eigenvalue weighted by Gasteiger charge is -2.18. The van der Waals surface area contributed by atoms with E-state index in [0.717, 1.165) is 22.3 Å². The average Bonchev–Trinajstić information content (AvgIpc) is 3.36. The van der Waals surface area contributed by atoms with E-state index in [2.05, 4.69) is 20.8 Å². The predicted octanol–water partition coefficient (Wildman–Crippen LogP) is 2.38. The van der Waals surface area contributed by atoms with Gasteiger partial charge >= 0.3 is 12.1 Å². The van der Waals surface area contributed by atoms with Crippen LogP contribution in [0.25, 0.3) is 11.1 Å². The van der Waals surface area contributed by atoms with E-state index < -0.39 is 30.4 Å². The van der Waals surface area contributed by atoms with Crippen LogP contribution in [0.5, 0.6) is 0 Å². The van der Waals surface area contributed by atoms with Crippen molar-refractivity contribution in [3.05, 3.63) is 71.4 Å². The minimum atomic E-state index is -1.33. The van der Waals surface area contributed by atoms with Crippen LogP contribution in [-0.4, -0.2) is 45.9 Å². The van der Waals surface area contributed by atoms with Crippen molar-refractivity contribution in [2.24, 2.45) is 0 Å². The average molecular weight is 450 g/mol. The molecule has 3 N–H and O–H groups in total. The van der Waals surface area contributed by atoms with Gasteiger partial charge < -0.3 is 24.9 Å². The smallest absolute Gasteiger partial charge is 0.407 e. The molecule has 0 fully saturated rings. The molecule has 2 amide bonds. The van der Waals surface area contributed by atoms with E-state index in [4.69, 9.17) is 14.3 Å². The maximum Gasteiger partial charge on any atom is 0.407 e. The number of nitrogens with zero attached hydrogens (tertiary/aromatic N) is 2. The summed E-state index contributed by atoms with van der Waals surface area (Å²) in [5.41, 5.74) is 4.25. The minimum absolute atomic E-state index is 0.0442. The number of ether oxygens (including phenoxy) is 1. The highest BCUT2D eigenvalue weighted by Gasteiger charge is 2.30. The lowest BCUT2D eigenvalue weighted by molar-refractivity contribution is -0.139. The summed E-state index contributed by atoms with van der Waals surface area (Å²) in [6.07, 6.45) is -1.49. The van der Waals surface area contributed by atoms with Gasteiger partial charge in [-0.1, -0.05) is 48.5 Å². The van der Waals surface area contributed by atoms with Crippen LogP contribution < -0.4 is 10.6 Å². The van der Waals surface area contributed by atoms with Crippen molar-refractivity contribution >= 4 is 18.0 Å². The molecule has 33 heavy (non-hydrogen) atoms. The molecule has 3 aromatic rings. The number of carbonyl (C=O) groups is 3. The number of aliphatic carboxylic acids is 1. The van der Waals surface area contributed by atoms with Gasteiger partial charge in [-0.25, -0.2) is 4.79 Å². The Morgan fingerprint density at radius 2 is 1.70 bits per heavy atom. The van der Waals surface area contributed by atoms with Crippen LogP contribution in [0, 0.1) is 6.92 Å². The zero-order valence-corrected chi connectivity index (χ0v) is 17.8. The maximum atomic E-state index is 12.5. The van der Waals surface area contributed by atoms with Gasteiger partial charge in [0.25, 0.3) is 0 Å². The highest BCUT2D eigenvalue weighted by atomic mass is 16.5. The number of rotatable bonds is 8. The normalized spacial score (nSPS) is 13.0. The number of amides is 2. The number of carboxylic acids is 1. The van der Waals surface area contributed by atoms with E-state index in [1.54, 1.807) is 6.92 Å². The largest absolute Gasteiger partial charge is 0.481 e. The van der Waals surface area contributed by atoms with Crippen LogP contribution in [0.2, 0.25) is 0 Å². The fraction of sp³-hybridized carbons (Fsp3) is 0.261. The van der Waals surface area contributed by atoms with Crippen molar-refractivity contribution in [1.29, 1.82) is 0 Å². The topological polar surface area (TPSA) is 144 Å². The number of benzene rings is 2. The summed E-state index contributed by atoms with van der Waals surface area (Å²) >= 11 is 0. The zero-order chi connectivity index (χ0) is 23.4. The Morgan fingerprint density at radius 3 is 2.27 bits per heavy atom. The first-order valence-electron chi connectivity index (χ1n) is 10.3. The number of carbonyl (C=O) groups excluding carboxylic acids is 2. The van der Waals surface area contributed by atoms with E-state index in [9.17, 15) is 14.4 Å². The first-order chi connectivity index (χ1) is 15.9. The van der Waals surface area contributed by atoms with Gasteiger partial charge in [-0.05, 0) is 22.3 Å². The van der Waals surface area contributed by atoms with Crippen molar-refractivity contribution in [3.63, 3.8) is 0 Å². The van der Waals surface area contributed by atoms with Crippen LogP contribution >= 0.6 is 0 Å². The van der Waals surface area contributed by atoms with E-state index in [0.29, 0.717) is 5.89 Å². The summed E-state index contributed by atoms with van der Waals surface area (Å²) < 4.78 is 10.6. The van der Waals surface area contributed by atoms with Gasteiger partial charge in [0.15, 0.2) is 0 Å². The molecule has 1 aliphatic carbocycles. The molecule has 0 saturated heterocycles. The molecule has 0 bridgehead atoms. The Hall–Kier alpha value is -4.21. The van der Waals surface area contributed by atoms with E-state index in [1.807, 2.05) is 48.5 Å². The molecular weight excluding hydrogens is 428 g/mol. The molecule has 1 atom stereocenters. The molecule has 1 aromatic heterocycles. The molecule has 170 valence electrons. The van der Waals surface area contributed by atoms with Crippen LogP contribution in [-0.2, 0) is 20.9 Å². The third-order valence-corrected chi connectivity index (χ3v) is 5.31. The second-order valence-corrected chi connectivity index (χ2v) is 7.55. The van der Waals surface area contributed by atoms with Crippen LogP contribution in [0.3, 0.4) is 0 Å². The van der Waals surface area contributed by atoms with Gasteiger partial charge in [0, 0.05) is 12.8 Å². The lowest BCUT2D eigenvalue weighted by Crippen LogP contribution is -2.48. The molecule has 10 heteroatoms. The summed E-state index contributed by atoms with van der Waals surface area (Å²) in [5.74, 6) is -1.62. The summed E-state index contributed by atoms with van der Waals surface area (Å²) in [4.78, 5) is 36.1. The van der Waals surface area contributed by atoms with Gasteiger partial charge in [-0.3, -0.25) is 9.59 Å². The SMILES string of the molecule is Cc1nnc(CNC(=O)C(CC(=O)O)NC(=O)OCC2c3ccccc3-c3ccccc32)o1. The number of aromatic nitrogens is 2. The van der Waals surface area contributed by atoms with E-state index in [1.165, 1.54) is 0 Å². The van der Waals surface area contributed by atoms with Crippen LogP contribution in [0.1, 0.15) is 35.2 Å². The molecule has 1 heterocycles. The maximum absolute atomic E-state index is 12.5. The third-order valence-electron chi connectivity index (χ3n) is 5.31. The lowest BCUT2D eigenvalue weighted by atomic mass is 9.98. The number of hydrogen-bond donors (Lipinski definition) is 3. The van der Waals surface area contributed by atoms with Crippen molar-refractivity contribution in [3.8, 4) is 11.1 Å². The molecule has 0 aliphatic heterocycles. The Kier molecular flexibility index (Phi) is 6.34. The van der Waals surface area contributed by atoms with Gasteiger partial charge in [0.05, 0.1) is 13.0 Å². The van der Waals surface area contributed by atoms with E-state index in [-0.39, 0.29) is 25.0 Å². The molecule has 0 spiro atoms. The van der Waals surface area contributed by atoms with Crippen LogP contribution in [0.15, 0.2) is 52.9 Å². The summed E-state index contributed by atoms with van der Waals surface area (Å²) in [5, 5.41) is 21.4. The number of carboxylic acid groups (broad SMARTS) is 1. The van der Waals surface area contributed by atoms with Crippen molar-refractivity contribution < 1.29 is 28.6 Å². The second kappa shape index (κ2) is 9.51. The van der Waals surface area contributed by atoms with Gasteiger partial charge in [-0.15, -0.1) is 10.2 Å². The van der Waals surface area contributed by atoms with Gasteiger partial charge in [-0.2, -0.15) is 0 Å². The number of hydrogen-bond acceptors (Lipinski definition) is 7. The molecule has 2 aromatic carbocycles. The number of alkyl carbamates (subject to hydrolysis) is 1. The molecule has 0 saturated carbocycles. The molecule has 1 aliphatic rings. The zero-order valence-electron chi connectivity index (χ0n) is 17.8. The van der Waals surface area contributed by atoms with E-state index >= 15 is 0 Å². The van der Waals surface area contributed by atoms with Gasteiger partial charge in [0.1, 0.15) is 12.6 Å². The summed E-state index contributed by atoms with van der Waals surface area (Å²) in [6, 6.07) is 14.4.